The number of hydrogen-bond donors (Lipinski definition) is 0. The molecule has 0 saturated carbocycles. The van der Waals surface area contributed by atoms with E-state index in [1.807, 2.05) is 54.3 Å². The Labute approximate surface area is 184 Å². The Kier molecular flexibility index (Phi) is 5.55. The smallest absolute Gasteiger partial charge is 0.277 e. The van der Waals surface area contributed by atoms with E-state index in [9.17, 15) is 4.79 Å². The normalized spacial score (nSPS) is 17.7. The quantitative estimate of drug-likeness (QED) is 0.552. The number of thioether (sulfide) groups is 1. The average molecular weight is 438 g/mol. The maximum Gasteiger partial charge on any atom is 0.277 e. The van der Waals surface area contributed by atoms with Crippen LogP contribution in [0.5, 0.6) is 11.5 Å². The molecule has 7 nitrogen and oxygen atoms in total. The summed E-state index contributed by atoms with van der Waals surface area (Å²) in [4.78, 5) is 14.9. The van der Waals surface area contributed by atoms with Gasteiger partial charge in [-0.1, -0.05) is 36.0 Å². The molecule has 0 unspecified atom stereocenters. The van der Waals surface area contributed by atoms with Gasteiger partial charge in [0.2, 0.25) is 11.8 Å². The van der Waals surface area contributed by atoms with Crippen LogP contribution in [0.15, 0.2) is 52.1 Å². The fourth-order valence-corrected chi connectivity index (χ4v) is 4.72. The van der Waals surface area contributed by atoms with Crippen molar-refractivity contribution in [1.82, 2.24) is 15.1 Å². The fraction of sp³-hybridized carbons (Fsp3) is 0.348. The van der Waals surface area contributed by atoms with Gasteiger partial charge in [0.1, 0.15) is 13.2 Å². The standard InChI is InChI=1S/C23H23N3O4S/c1-15-5-2-3-6-17(15)22-24-25-23(30-22)31-14-21(27)26-10-4-7-18(26)16-8-9-19-20(13-16)29-12-11-28-19/h2-3,5-6,8-9,13,18H,4,7,10-12,14H2,1H3/t18-/m0/s1. The largest absolute Gasteiger partial charge is 0.486 e. The van der Waals surface area contributed by atoms with Gasteiger partial charge < -0.3 is 18.8 Å². The third-order valence-electron chi connectivity index (χ3n) is 5.63. The Balaban J connectivity index is 1.25. The highest BCUT2D eigenvalue weighted by molar-refractivity contribution is 7.99. The maximum absolute atomic E-state index is 13.0. The van der Waals surface area contributed by atoms with Gasteiger partial charge in [-0.3, -0.25) is 4.79 Å². The van der Waals surface area contributed by atoms with E-state index >= 15 is 0 Å². The molecule has 2 aromatic carbocycles. The van der Waals surface area contributed by atoms with Gasteiger partial charge in [0, 0.05) is 12.1 Å². The lowest BCUT2D eigenvalue weighted by Gasteiger charge is -2.26. The number of likely N-dealkylation sites (tertiary alicyclic amines) is 1. The summed E-state index contributed by atoms with van der Waals surface area (Å²) < 4.78 is 17.1. The lowest BCUT2D eigenvalue weighted by Crippen LogP contribution is -2.32. The molecule has 0 bridgehead atoms. The SMILES string of the molecule is Cc1ccccc1-c1nnc(SCC(=O)N2CCC[C@H]2c2ccc3c(c2)OCCO3)o1. The predicted octanol–water partition coefficient (Wildman–Crippen LogP) is 4.27. The summed E-state index contributed by atoms with van der Waals surface area (Å²) in [6.07, 6.45) is 1.92. The van der Waals surface area contributed by atoms with E-state index < -0.39 is 0 Å². The number of carbonyl (C=O) groups is 1. The first-order chi connectivity index (χ1) is 15.2. The molecule has 1 amide bonds. The van der Waals surface area contributed by atoms with Crippen LogP contribution in [0.1, 0.15) is 30.0 Å². The predicted molar refractivity (Wildman–Crippen MR) is 116 cm³/mol. The van der Waals surface area contributed by atoms with Crippen LogP contribution in [0, 0.1) is 6.92 Å². The average Bonchev–Trinajstić information content (AvgIpc) is 3.47. The zero-order valence-corrected chi connectivity index (χ0v) is 18.1. The second-order valence-corrected chi connectivity index (χ2v) is 8.55. The molecule has 0 N–H and O–H groups in total. The number of aromatic nitrogens is 2. The number of ether oxygens (including phenoxy) is 2. The van der Waals surface area contributed by atoms with Gasteiger partial charge in [-0.15, -0.1) is 10.2 Å². The molecule has 1 saturated heterocycles. The zero-order chi connectivity index (χ0) is 21.2. The summed E-state index contributed by atoms with van der Waals surface area (Å²) in [6, 6.07) is 13.9. The fourth-order valence-electron chi connectivity index (χ4n) is 4.08. The molecular formula is C23H23N3O4S. The topological polar surface area (TPSA) is 77.7 Å². The van der Waals surface area contributed by atoms with Gasteiger partial charge in [0.15, 0.2) is 11.5 Å². The molecule has 160 valence electrons. The maximum atomic E-state index is 13.0. The van der Waals surface area contributed by atoms with Crippen molar-refractivity contribution in [3.05, 3.63) is 53.6 Å². The molecule has 0 spiro atoms. The van der Waals surface area contributed by atoms with Gasteiger partial charge in [-0.2, -0.15) is 0 Å². The van der Waals surface area contributed by atoms with Crippen LogP contribution >= 0.6 is 11.8 Å². The second-order valence-electron chi connectivity index (χ2n) is 7.62. The number of benzene rings is 2. The number of amides is 1. The first kappa shape index (κ1) is 19.9. The molecule has 31 heavy (non-hydrogen) atoms. The Morgan fingerprint density at radius 1 is 1.13 bits per heavy atom. The first-order valence-corrected chi connectivity index (χ1v) is 11.4. The van der Waals surface area contributed by atoms with Crippen molar-refractivity contribution in [3.63, 3.8) is 0 Å². The van der Waals surface area contributed by atoms with Crippen molar-refractivity contribution in [2.24, 2.45) is 0 Å². The Morgan fingerprint density at radius 3 is 2.84 bits per heavy atom. The second kappa shape index (κ2) is 8.63. The van der Waals surface area contributed by atoms with Crippen LogP contribution in [0.2, 0.25) is 0 Å². The molecule has 0 aliphatic carbocycles. The van der Waals surface area contributed by atoms with E-state index in [-0.39, 0.29) is 17.7 Å². The van der Waals surface area contributed by atoms with E-state index in [0.717, 1.165) is 47.6 Å². The molecule has 3 aromatic rings. The highest BCUT2D eigenvalue weighted by Gasteiger charge is 2.31. The van der Waals surface area contributed by atoms with Crippen LogP contribution in [0.25, 0.3) is 11.5 Å². The third kappa shape index (κ3) is 4.12. The van der Waals surface area contributed by atoms with Gasteiger partial charge >= 0.3 is 0 Å². The first-order valence-electron chi connectivity index (χ1n) is 10.4. The molecule has 1 atom stereocenters. The number of nitrogens with zero attached hydrogens (tertiary/aromatic N) is 3. The Morgan fingerprint density at radius 2 is 1.97 bits per heavy atom. The van der Waals surface area contributed by atoms with Crippen molar-refractivity contribution in [2.75, 3.05) is 25.5 Å². The molecule has 2 aliphatic heterocycles. The van der Waals surface area contributed by atoms with Crippen molar-refractivity contribution in [1.29, 1.82) is 0 Å². The van der Waals surface area contributed by atoms with E-state index in [4.69, 9.17) is 13.9 Å². The van der Waals surface area contributed by atoms with Gasteiger partial charge in [0.25, 0.3) is 5.22 Å². The highest BCUT2D eigenvalue weighted by atomic mass is 32.2. The van der Waals surface area contributed by atoms with Crippen LogP contribution < -0.4 is 9.47 Å². The van der Waals surface area contributed by atoms with Gasteiger partial charge in [-0.25, -0.2) is 0 Å². The van der Waals surface area contributed by atoms with Crippen molar-refractivity contribution in [3.8, 4) is 23.0 Å². The number of hydrogen-bond acceptors (Lipinski definition) is 7. The monoisotopic (exact) mass is 437 g/mol. The molecule has 0 radical (unpaired) electrons. The third-order valence-corrected chi connectivity index (χ3v) is 6.43. The van der Waals surface area contributed by atoms with E-state index in [2.05, 4.69) is 10.2 Å². The number of carbonyl (C=O) groups excluding carboxylic acids is 1. The molecule has 8 heteroatoms. The number of rotatable bonds is 5. The Hall–Kier alpha value is -3.00. The van der Waals surface area contributed by atoms with Crippen molar-refractivity contribution < 1.29 is 18.7 Å². The van der Waals surface area contributed by atoms with E-state index in [1.165, 1.54) is 11.8 Å². The number of aryl methyl sites for hydroxylation is 1. The van der Waals surface area contributed by atoms with Gasteiger partial charge in [-0.05, 0) is 49.1 Å². The van der Waals surface area contributed by atoms with Crippen molar-refractivity contribution >= 4 is 17.7 Å². The minimum atomic E-state index is 0.0501. The summed E-state index contributed by atoms with van der Waals surface area (Å²) >= 11 is 1.28. The summed E-state index contributed by atoms with van der Waals surface area (Å²) in [5, 5.41) is 8.65. The molecule has 3 heterocycles. The van der Waals surface area contributed by atoms with Crippen LogP contribution in [-0.2, 0) is 4.79 Å². The Bertz CT molecular complexity index is 1100. The van der Waals surface area contributed by atoms with Crippen LogP contribution in [0.4, 0.5) is 0 Å². The molecule has 1 fully saturated rings. The zero-order valence-electron chi connectivity index (χ0n) is 17.2. The highest BCUT2D eigenvalue weighted by Crippen LogP contribution is 2.38. The van der Waals surface area contributed by atoms with E-state index in [1.54, 1.807) is 0 Å². The molecule has 2 aliphatic rings. The summed E-state index contributed by atoms with van der Waals surface area (Å²) in [7, 11) is 0. The minimum Gasteiger partial charge on any atom is -0.486 e. The van der Waals surface area contributed by atoms with Crippen LogP contribution in [-0.4, -0.2) is 46.5 Å². The molecular weight excluding hydrogens is 414 g/mol. The lowest BCUT2D eigenvalue weighted by molar-refractivity contribution is -0.129. The van der Waals surface area contributed by atoms with Crippen molar-refractivity contribution in [2.45, 2.75) is 31.0 Å². The summed E-state index contributed by atoms with van der Waals surface area (Å²) in [5.74, 6) is 2.33. The van der Waals surface area contributed by atoms with Crippen LogP contribution in [0.3, 0.4) is 0 Å². The lowest BCUT2D eigenvalue weighted by atomic mass is 10.0. The number of fused-ring (bicyclic) bond motifs is 1. The summed E-state index contributed by atoms with van der Waals surface area (Å²) in [6.45, 7) is 3.87. The molecule has 5 rings (SSSR count). The minimum absolute atomic E-state index is 0.0501. The van der Waals surface area contributed by atoms with Gasteiger partial charge in [0.05, 0.1) is 11.8 Å². The van der Waals surface area contributed by atoms with E-state index in [0.29, 0.717) is 24.3 Å². The molecule has 1 aromatic heterocycles. The summed E-state index contributed by atoms with van der Waals surface area (Å²) in [5.41, 5.74) is 3.06.